The van der Waals surface area contributed by atoms with Crippen molar-refractivity contribution in [3.63, 3.8) is 0 Å². The Balaban J connectivity index is 1.58. The number of likely N-dealkylation sites (tertiary alicyclic amines) is 1. The Morgan fingerprint density at radius 3 is 2.48 bits per heavy atom. The van der Waals surface area contributed by atoms with Gasteiger partial charge < -0.3 is 14.5 Å². The van der Waals surface area contributed by atoms with Crippen LogP contribution in [0.4, 0.5) is 0 Å². The number of hydrogen-bond acceptors (Lipinski definition) is 4. The van der Waals surface area contributed by atoms with Crippen LogP contribution in [0.2, 0.25) is 5.02 Å². The first-order chi connectivity index (χ1) is 12.0. The summed E-state index contributed by atoms with van der Waals surface area (Å²) < 4.78 is 5.62. The van der Waals surface area contributed by atoms with E-state index < -0.39 is 0 Å². The monoisotopic (exact) mass is 382 g/mol. The molecule has 0 atom stereocenters. The Hall–Kier alpha value is -1.40. The third-order valence-electron chi connectivity index (χ3n) is 4.85. The van der Waals surface area contributed by atoms with Gasteiger partial charge >= 0.3 is 0 Å². The zero-order valence-corrected chi connectivity index (χ0v) is 15.9. The molecule has 0 saturated carbocycles. The summed E-state index contributed by atoms with van der Waals surface area (Å²) in [5, 5.41) is 0.641. The SMILES string of the molecule is CCC(=O)N1CCC2(CC1)SCCN2C(=O)COc1ccc(Cl)cc1. The van der Waals surface area contributed by atoms with Crippen molar-refractivity contribution in [3.05, 3.63) is 29.3 Å². The van der Waals surface area contributed by atoms with E-state index in [2.05, 4.69) is 0 Å². The maximum absolute atomic E-state index is 12.7. The highest BCUT2D eigenvalue weighted by Crippen LogP contribution is 2.44. The van der Waals surface area contributed by atoms with Gasteiger partial charge in [-0.2, -0.15) is 0 Å². The molecule has 3 rings (SSSR count). The molecule has 2 saturated heterocycles. The van der Waals surface area contributed by atoms with Crippen molar-refractivity contribution in [3.8, 4) is 5.75 Å². The molecule has 0 N–H and O–H groups in total. The number of benzene rings is 1. The first-order valence-corrected chi connectivity index (χ1v) is 10.0. The molecule has 5 nitrogen and oxygen atoms in total. The fourth-order valence-electron chi connectivity index (χ4n) is 3.46. The van der Waals surface area contributed by atoms with Crippen molar-refractivity contribution < 1.29 is 14.3 Å². The topological polar surface area (TPSA) is 49.9 Å². The van der Waals surface area contributed by atoms with E-state index in [4.69, 9.17) is 16.3 Å². The summed E-state index contributed by atoms with van der Waals surface area (Å²) in [6.45, 7) is 4.11. The van der Waals surface area contributed by atoms with Crippen molar-refractivity contribution in [1.29, 1.82) is 0 Å². The number of amides is 2. The van der Waals surface area contributed by atoms with Crippen molar-refractivity contribution in [2.75, 3.05) is 32.0 Å². The molecule has 2 heterocycles. The number of carbonyl (C=O) groups is 2. The molecular weight excluding hydrogens is 360 g/mol. The number of hydrogen-bond donors (Lipinski definition) is 0. The number of halogens is 1. The Labute approximate surface area is 157 Å². The molecule has 0 radical (unpaired) electrons. The molecule has 1 aromatic carbocycles. The third kappa shape index (κ3) is 4.06. The van der Waals surface area contributed by atoms with Crippen LogP contribution >= 0.6 is 23.4 Å². The van der Waals surface area contributed by atoms with Gasteiger partial charge in [0.05, 0.1) is 4.87 Å². The molecular formula is C18H23ClN2O3S. The van der Waals surface area contributed by atoms with Gasteiger partial charge in [0.1, 0.15) is 5.75 Å². The molecule has 0 aromatic heterocycles. The predicted molar refractivity (Wildman–Crippen MR) is 100.0 cm³/mol. The maximum Gasteiger partial charge on any atom is 0.261 e. The summed E-state index contributed by atoms with van der Waals surface area (Å²) in [6.07, 6.45) is 2.20. The van der Waals surface area contributed by atoms with Crippen LogP contribution in [0.25, 0.3) is 0 Å². The van der Waals surface area contributed by atoms with Gasteiger partial charge in [0.2, 0.25) is 5.91 Å². The zero-order valence-electron chi connectivity index (χ0n) is 14.4. The number of nitrogens with zero attached hydrogens (tertiary/aromatic N) is 2. The largest absolute Gasteiger partial charge is 0.484 e. The summed E-state index contributed by atoms with van der Waals surface area (Å²) in [4.78, 5) is 28.3. The Morgan fingerprint density at radius 2 is 1.84 bits per heavy atom. The highest BCUT2D eigenvalue weighted by atomic mass is 35.5. The molecule has 2 aliphatic heterocycles. The molecule has 1 spiro atoms. The summed E-state index contributed by atoms with van der Waals surface area (Å²) in [6, 6.07) is 7.02. The minimum Gasteiger partial charge on any atom is -0.484 e. The maximum atomic E-state index is 12.7. The van der Waals surface area contributed by atoms with Crippen LogP contribution in [0.1, 0.15) is 26.2 Å². The number of ether oxygens (including phenoxy) is 1. The Kier molecular flexibility index (Phi) is 5.79. The number of thioether (sulfide) groups is 1. The van der Waals surface area contributed by atoms with E-state index in [1.54, 1.807) is 24.3 Å². The Bertz CT molecular complexity index is 630. The van der Waals surface area contributed by atoms with E-state index in [1.807, 2.05) is 28.5 Å². The van der Waals surface area contributed by atoms with Gasteiger partial charge in [0.25, 0.3) is 5.91 Å². The molecule has 1 aromatic rings. The van der Waals surface area contributed by atoms with Gasteiger partial charge in [0.15, 0.2) is 6.61 Å². The first-order valence-electron chi connectivity index (χ1n) is 8.65. The molecule has 2 amide bonds. The van der Waals surface area contributed by atoms with Gasteiger partial charge in [-0.25, -0.2) is 0 Å². The lowest BCUT2D eigenvalue weighted by atomic mass is 10.0. The minimum absolute atomic E-state index is 0.00946. The van der Waals surface area contributed by atoms with Crippen molar-refractivity contribution >= 4 is 35.2 Å². The first kappa shape index (κ1) is 18.4. The highest BCUT2D eigenvalue weighted by molar-refractivity contribution is 8.00. The second-order valence-electron chi connectivity index (χ2n) is 6.32. The van der Waals surface area contributed by atoms with Gasteiger partial charge in [-0.05, 0) is 37.1 Å². The van der Waals surface area contributed by atoms with Gasteiger partial charge in [0, 0.05) is 36.8 Å². The van der Waals surface area contributed by atoms with Gasteiger partial charge in [-0.1, -0.05) is 18.5 Å². The molecule has 2 fully saturated rings. The van der Waals surface area contributed by atoms with E-state index in [0.29, 0.717) is 17.2 Å². The molecule has 0 unspecified atom stereocenters. The lowest BCUT2D eigenvalue weighted by Gasteiger charge is -2.44. The lowest BCUT2D eigenvalue weighted by Crippen LogP contribution is -2.54. The number of piperidine rings is 1. The van der Waals surface area contributed by atoms with Crippen LogP contribution < -0.4 is 4.74 Å². The number of rotatable bonds is 4. The van der Waals surface area contributed by atoms with E-state index in [0.717, 1.165) is 38.2 Å². The zero-order chi connectivity index (χ0) is 17.9. The molecule has 2 aliphatic rings. The van der Waals surface area contributed by atoms with Gasteiger partial charge in [-0.3, -0.25) is 9.59 Å². The average molecular weight is 383 g/mol. The third-order valence-corrected chi connectivity index (χ3v) is 6.66. The van der Waals surface area contributed by atoms with E-state index >= 15 is 0 Å². The minimum atomic E-state index is -0.176. The quantitative estimate of drug-likeness (QED) is 0.803. The molecule has 0 aliphatic carbocycles. The fraction of sp³-hybridized carbons (Fsp3) is 0.556. The fourth-order valence-corrected chi connectivity index (χ4v) is 5.06. The van der Waals surface area contributed by atoms with E-state index in [9.17, 15) is 9.59 Å². The molecule has 7 heteroatoms. The smallest absolute Gasteiger partial charge is 0.261 e. The van der Waals surface area contributed by atoms with E-state index in [-0.39, 0.29) is 23.3 Å². The molecule has 25 heavy (non-hydrogen) atoms. The summed E-state index contributed by atoms with van der Waals surface area (Å²) in [7, 11) is 0. The van der Waals surface area contributed by atoms with Crippen LogP contribution in [0, 0.1) is 0 Å². The summed E-state index contributed by atoms with van der Waals surface area (Å²) >= 11 is 7.70. The second kappa shape index (κ2) is 7.87. The lowest BCUT2D eigenvalue weighted by molar-refractivity contribution is -0.138. The van der Waals surface area contributed by atoms with E-state index in [1.165, 1.54) is 0 Å². The molecule has 136 valence electrons. The standard InChI is InChI=1S/C18H23ClN2O3S/c1-2-16(22)20-9-7-18(8-10-20)21(11-12-25-18)17(23)13-24-15-5-3-14(19)4-6-15/h3-6H,2,7-13H2,1H3. The summed E-state index contributed by atoms with van der Waals surface area (Å²) in [5.41, 5.74) is 0. The van der Waals surface area contributed by atoms with Crippen LogP contribution in [-0.4, -0.2) is 58.5 Å². The van der Waals surface area contributed by atoms with Crippen molar-refractivity contribution in [1.82, 2.24) is 9.80 Å². The van der Waals surface area contributed by atoms with Crippen molar-refractivity contribution in [2.45, 2.75) is 31.1 Å². The summed E-state index contributed by atoms with van der Waals surface area (Å²) in [5.74, 6) is 1.79. The normalized spacial score (nSPS) is 19.3. The predicted octanol–water partition coefficient (Wildman–Crippen LogP) is 3.02. The average Bonchev–Trinajstić information content (AvgIpc) is 3.04. The highest BCUT2D eigenvalue weighted by Gasteiger charge is 2.46. The van der Waals surface area contributed by atoms with Gasteiger partial charge in [-0.15, -0.1) is 11.8 Å². The second-order valence-corrected chi connectivity index (χ2v) is 8.21. The van der Waals surface area contributed by atoms with Crippen LogP contribution in [0.15, 0.2) is 24.3 Å². The van der Waals surface area contributed by atoms with Crippen LogP contribution in [0.5, 0.6) is 5.75 Å². The Morgan fingerprint density at radius 1 is 1.16 bits per heavy atom. The molecule has 0 bridgehead atoms. The van der Waals surface area contributed by atoms with Crippen molar-refractivity contribution in [2.24, 2.45) is 0 Å². The van der Waals surface area contributed by atoms with Crippen LogP contribution in [0.3, 0.4) is 0 Å². The van der Waals surface area contributed by atoms with Crippen LogP contribution in [-0.2, 0) is 9.59 Å². The number of carbonyl (C=O) groups excluding carboxylic acids is 2.